The van der Waals surface area contributed by atoms with Crippen LogP contribution in [0.5, 0.6) is 5.75 Å². The van der Waals surface area contributed by atoms with Gasteiger partial charge in [-0.3, -0.25) is 0 Å². The highest BCUT2D eigenvalue weighted by molar-refractivity contribution is 6.33. The van der Waals surface area contributed by atoms with Gasteiger partial charge >= 0.3 is 12.3 Å². The van der Waals surface area contributed by atoms with Gasteiger partial charge in [-0.1, -0.05) is 23.2 Å². The molecule has 1 aromatic carbocycles. The van der Waals surface area contributed by atoms with Gasteiger partial charge in [0, 0.05) is 5.69 Å². The highest BCUT2D eigenvalue weighted by atomic mass is 35.5. The third-order valence-electron chi connectivity index (χ3n) is 2.98. The van der Waals surface area contributed by atoms with Crippen LogP contribution in [0.1, 0.15) is 15.9 Å². The molecule has 0 amide bonds. The number of carbonyl (C=O) groups is 1. The molecular formula is C15H9ClF3N3O3. The van der Waals surface area contributed by atoms with Crippen molar-refractivity contribution in [3.05, 3.63) is 51.8 Å². The van der Waals surface area contributed by atoms with Crippen molar-refractivity contribution < 1.29 is 27.8 Å². The maximum Gasteiger partial charge on any atom is 0.573 e. The van der Waals surface area contributed by atoms with Crippen LogP contribution < -0.4 is 10.1 Å². The Balaban J connectivity index is 2.40. The number of ether oxygens (including phenoxy) is 1. The van der Waals surface area contributed by atoms with Crippen molar-refractivity contribution in [2.75, 3.05) is 5.32 Å². The van der Waals surface area contributed by atoms with Gasteiger partial charge in [0.05, 0.1) is 5.02 Å². The maximum atomic E-state index is 12.2. The van der Waals surface area contributed by atoms with Crippen LogP contribution in [0.15, 0.2) is 24.3 Å². The number of pyridine rings is 1. The molecule has 2 rings (SSSR count). The number of nitrogens with one attached hydrogen (secondary N) is 1. The number of nitrogens with zero attached hydrogens (tertiary/aromatic N) is 2. The molecule has 0 saturated carbocycles. The molecule has 0 unspecified atom stereocenters. The van der Waals surface area contributed by atoms with Crippen molar-refractivity contribution >= 4 is 34.9 Å². The summed E-state index contributed by atoms with van der Waals surface area (Å²) in [6, 6.07) is 4.54. The van der Waals surface area contributed by atoms with E-state index in [0.717, 1.165) is 18.2 Å². The van der Waals surface area contributed by atoms with Crippen molar-refractivity contribution in [1.82, 2.24) is 4.98 Å². The number of carboxylic acid groups (broad SMARTS) is 1. The highest BCUT2D eigenvalue weighted by Crippen LogP contribution is 2.32. The first kappa shape index (κ1) is 18.4. The molecular weight excluding hydrogens is 363 g/mol. The Labute approximate surface area is 144 Å². The van der Waals surface area contributed by atoms with Crippen LogP contribution in [-0.4, -0.2) is 22.4 Å². The Morgan fingerprint density at radius 2 is 2.08 bits per heavy atom. The SMILES string of the molecule is [C-]#[N+]c1nc(Nc2ccc(OC(F)(F)F)cc2C)c(C(=O)O)cc1Cl. The lowest BCUT2D eigenvalue weighted by atomic mass is 10.1. The molecule has 6 nitrogen and oxygen atoms in total. The Kier molecular flexibility index (Phi) is 5.04. The molecule has 0 fully saturated rings. The predicted octanol–water partition coefficient (Wildman–Crippen LogP) is 4.93. The molecule has 130 valence electrons. The van der Waals surface area contributed by atoms with E-state index in [4.69, 9.17) is 18.2 Å². The molecule has 0 atom stereocenters. The van der Waals surface area contributed by atoms with Gasteiger partial charge in [-0.15, -0.1) is 13.2 Å². The molecule has 25 heavy (non-hydrogen) atoms. The molecule has 0 aliphatic carbocycles. The topological polar surface area (TPSA) is 75.8 Å². The number of hydrogen-bond acceptors (Lipinski definition) is 4. The number of aromatic nitrogens is 1. The van der Waals surface area contributed by atoms with E-state index < -0.39 is 18.1 Å². The number of rotatable bonds is 4. The molecule has 0 bridgehead atoms. The summed E-state index contributed by atoms with van der Waals surface area (Å²) in [5.41, 5.74) is 0.356. The fourth-order valence-electron chi connectivity index (χ4n) is 1.92. The van der Waals surface area contributed by atoms with Gasteiger partial charge in [0.2, 0.25) is 5.82 Å². The van der Waals surface area contributed by atoms with Crippen LogP contribution >= 0.6 is 11.6 Å². The average Bonchev–Trinajstić information content (AvgIpc) is 2.49. The van der Waals surface area contributed by atoms with Crippen molar-refractivity contribution in [1.29, 1.82) is 0 Å². The van der Waals surface area contributed by atoms with E-state index in [-0.39, 0.29) is 22.2 Å². The first-order chi connectivity index (χ1) is 11.6. The van der Waals surface area contributed by atoms with Gasteiger partial charge in [0.25, 0.3) is 5.82 Å². The number of halogens is 4. The van der Waals surface area contributed by atoms with Crippen molar-refractivity contribution in [3.63, 3.8) is 0 Å². The maximum absolute atomic E-state index is 12.2. The fourth-order valence-corrected chi connectivity index (χ4v) is 2.11. The lowest BCUT2D eigenvalue weighted by Gasteiger charge is -2.13. The van der Waals surface area contributed by atoms with Crippen LogP contribution in [0.4, 0.5) is 30.5 Å². The molecule has 10 heteroatoms. The van der Waals surface area contributed by atoms with Gasteiger partial charge in [-0.2, -0.15) is 0 Å². The van der Waals surface area contributed by atoms with E-state index in [9.17, 15) is 23.1 Å². The summed E-state index contributed by atoms with van der Waals surface area (Å²) in [4.78, 5) is 18.2. The smallest absolute Gasteiger partial charge is 0.477 e. The minimum Gasteiger partial charge on any atom is -0.477 e. The molecule has 2 aromatic rings. The summed E-state index contributed by atoms with van der Waals surface area (Å²) in [6.45, 7) is 8.47. The van der Waals surface area contributed by atoms with Crippen LogP contribution in [0, 0.1) is 13.5 Å². The van der Waals surface area contributed by atoms with Crippen molar-refractivity contribution in [3.8, 4) is 5.75 Å². The number of aryl methyl sites for hydroxylation is 1. The third-order valence-corrected chi connectivity index (χ3v) is 3.26. The Morgan fingerprint density at radius 3 is 2.60 bits per heavy atom. The molecule has 0 aliphatic heterocycles. The minimum absolute atomic E-state index is 0.122. The fraction of sp³-hybridized carbons (Fsp3) is 0.133. The largest absolute Gasteiger partial charge is 0.573 e. The van der Waals surface area contributed by atoms with E-state index in [1.54, 1.807) is 0 Å². The summed E-state index contributed by atoms with van der Waals surface area (Å²) in [7, 11) is 0. The standard InChI is InChI=1S/C15H9ClF3N3O3/c1-7-5-8(25-15(17,18)19)3-4-11(7)21-12-9(14(23)24)6-10(16)13(20-2)22-12/h3-6H,1H3,(H,21,22)(H,23,24). The second-order valence-electron chi connectivity index (χ2n) is 4.76. The summed E-state index contributed by atoms with van der Waals surface area (Å²) in [5, 5.41) is 11.8. The normalized spacial score (nSPS) is 10.9. The second-order valence-corrected chi connectivity index (χ2v) is 5.16. The van der Waals surface area contributed by atoms with Crippen LogP contribution in [0.25, 0.3) is 4.85 Å². The number of aromatic carboxylic acids is 1. The Bertz CT molecular complexity index is 879. The number of hydrogen-bond donors (Lipinski definition) is 2. The molecule has 1 aromatic heterocycles. The zero-order chi connectivity index (χ0) is 18.8. The van der Waals surface area contributed by atoms with Crippen molar-refractivity contribution in [2.24, 2.45) is 0 Å². The van der Waals surface area contributed by atoms with Gasteiger partial charge in [0.15, 0.2) is 0 Å². The third kappa shape index (κ3) is 4.51. The van der Waals surface area contributed by atoms with Gasteiger partial charge < -0.3 is 20.0 Å². The Hall–Kier alpha value is -2.99. The Morgan fingerprint density at radius 1 is 1.40 bits per heavy atom. The van der Waals surface area contributed by atoms with Gasteiger partial charge in [0.1, 0.15) is 11.3 Å². The quantitative estimate of drug-likeness (QED) is 0.745. The van der Waals surface area contributed by atoms with E-state index in [1.807, 2.05) is 0 Å². The molecule has 0 radical (unpaired) electrons. The van der Waals surface area contributed by atoms with E-state index in [2.05, 4.69) is 19.9 Å². The minimum atomic E-state index is -4.82. The second kappa shape index (κ2) is 6.86. The molecule has 0 spiro atoms. The first-order valence-electron chi connectivity index (χ1n) is 6.55. The van der Waals surface area contributed by atoms with E-state index in [1.165, 1.54) is 13.0 Å². The lowest BCUT2D eigenvalue weighted by molar-refractivity contribution is -0.274. The number of carboxylic acids is 1. The number of alkyl halides is 3. The highest BCUT2D eigenvalue weighted by Gasteiger charge is 2.31. The van der Waals surface area contributed by atoms with Crippen molar-refractivity contribution in [2.45, 2.75) is 13.3 Å². The lowest BCUT2D eigenvalue weighted by Crippen LogP contribution is -2.17. The predicted molar refractivity (Wildman–Crippen MR) is 83.6 cm³/mol. The zero-order valence-electron chi connectivity index (χ0n) is 12.5. The van der Waals surface area contributed by atoms with E-state index >= 15 is 0 Å². The molecule has 1 heterocycles. The summed E-state index contributed by atoms with van der Waals surface area (Å²) < 4.78 is 40.5. The number of benzene rings is 1. The molecule has 2 N–H and O–H groups in total. The van der Waals surface area contributed by atoms with Crippen LogP contribution in [-0.2, 0) is 0 Å². The molecule has 0 saturated heterocycles. The van der Waals surface area contributed by atoms with E-state index in [0.29, 0.717) is 11.3 Å². The zero-order valence-corrected chi connectivity index (χ0v) is 13.2. The summed E-state index contributed by atoms with van der Waals surface area (Å²) in [6.07, 6.45) is -4.82. The molecule has 0 aliphatic rings. The summed E-state index contributed by atoms with van der Waals surface area (Å²) >= 11 is 5.77. The monoisotopic (exact) mass is 371 g/mol. The summed E-state index contributed by atoms with van der Waals surface area (Å²) in [5.74, 6) is -2.11. The van der Waals surface area contributed by atoms with Gasteiger partial charge in [-0.05, 0) is 36.8 Å². The number of anilines is 2. The first-order valence-corrected chi connectivity index (χ1v) is 6.93. The van der Waals surface area contributed by atoms with Crippen LogP contribution in [0.2, 0.25) is 5.02 Å². The van der Waals surface area contributed by atoms with Gasteiger partial charge in [-0.25, -0.2) is 4.79 Å². The van der Waals surface area contributed by atoms with Crippen LogP contribution in [0.3, 0.4) is 0 Å². The average molecular weight is 372 g/mol.